The van der Waals surface area contributed by atoms with Gasteiger partial charge < -0.3 is 10.5 Å². The molecule has 1 aromatic carbocycles. The van der Waals surface area contributed by atoms with Gasteiger partial charge in [-0.1, -0.05) is 28.1 Å². The average Bonchev–Trinajstić information content (AvgIpc) is 2.88. The largest absolute Gasteiger partial charge is 0.481 e. The van der Waals surface area contributed by atoms with Crippen LogP contribution in [-0.2, 0) is 0 Å². The molecule has 0 aliphatic rings. The molecule has 0 amide bonds. The average molecular weight is 345 g/mol. The van der Waals surface area contributed by atoms with Gasteiger partial charge in [0.25, 0.3) is 0 Å². The van der Waals surface area contributed by atoms with E-state index in [0.717, 1.165) is 26.9 Å². The minimum absolute atomic E-state index is 0.439. The van der Waals surface area contributed by atoms with Gasteiger partial charge in [-0.3, -0.25) is 5.10 Å². The number of nitrogens with zero attached hydrogens (tertiary/aromatic N) is 2. The molecule has 0 unspecified atom stereocenters. The van der Waals surface area contributed by atoms with Gasteiger partial charge in [0, 0.05) is 10.7 Å². The van der Waals surface area contributed by atoms with Crippen LogP contribution >= 0.6 is 15.9 Å². The number of aromatic nitrogens is 3. The highest BCUT2D eigenvalue weighted by Gasteiger charge is 2.18. The SMILES string of the molecule is COc1ncccc1-c1[nH]nc(N)c1-c1cccc(Br)c1. The number of pyridine rings is 1. The van der Waals surface area contributed by atoms with Crippen LogP contribution in [0.25, 0.3) is 22.4 Å². The van der Waals surface area contributed by atoms with Crippen molar-refractivity contribution in [3.8, 4) is 28.3 Å². The highest BCUT2D eigenvalue weighted by Crippen LogP contribution is 2.38. The van der Waals surface area contributed by atoms with Crippen LogP contribution in [0.15, 0.2) is 47.1 Å². The lowest BCUT2D eigenvalue weighted by Gasteiger charge is -2.08. The number of methoxy groups -OCH3 is 1. The van der Waals surface area contributed by atoms with E-state index in [2.05, 4.69) is 31.1 Å². The Kier molecular flexibility index (Phi) is 3.62. The molecule has 0 spiro atoms. The second-order valence-corrected chi connectivity index (χ2v) is 5.35. The molecule has 0 radical (unpaired) electrons. The summed E-state index contributed by atoms with van der Waals surface area (Å²) in [6.45, 7) is 0. The summed E-state index contributed by atoms with van der Waals surface area (Å²) in [5.74, 6) is 0.964. The molecule has 0 aliphatic carbocycles. The molecule has 0 aliphatic heterocycles. The predicted octanol–water partition coefficient (Wildman–Crippen LogP) is 3.49. The van der Waals surface area contributed by atoms with E-state index in [1.54, 1.807) is 13.3 Å². The number of nitrogens with two attached hydrogens (primary N) is 1. The molecule has 21 heavy (non-hydrogen) atoms. The highest BCUT2D eigenvalue weighted by molar-refractivity contribution is 9.10. The second kappa shape index (κ2) is 5.57. The van der Waals surface area contributed by atoms with Gasteiger partial charge >= 0.3 is 0 Å². The van der Waals surface area contributed by atoms with Gasteiger partial charge in [0.15, 0.2) is 5.82 Å². The Hall–Kier alpha value is -2.34. The van der Waals surface area contributed by atoms with Crippen LogP contribution in [0.5, 0.6) is 5.88 Å². The summed E-state index contributed by atoms with van der Waals surface area (Å²) >= 11 is 3.47. The third kappa shape index (κ3) is 2.50. The topological polar surface area (TPSA) is 76.8 Å². The standard InChI is InChI=1S/C15H13BrN4O/c1-21-15-11(6-3-7-18-15)13-12(14(17)20-19-13)9-4-2-5-10(16)8-9/h2-8H,1H3,(H3,17,19,20). The van der Waals surface area contributed by atoms with Crippen molar-refractivity contribution in [3.63, 3.8) is 0 Å². The maximum absolute atomic E-state index is 6.03. The molecular weight excluding hydrogens is 332 g/mol. The van der Waals surface area contributed by atoms with Crippen molar-refractivity contribution >= 4 is 21.7 Å². The second-order valence-electron chi connectivity index (χ2n) is 4.43. The van der Waals surface area contributed by atoms with E-state index >= 15 is 0 Å². The Bertz CT molecular complexity index is 785. The summed E-state index contributed by atoms with van der Waals surface area (Å²) in [5, 5.41) is 7.10. The minimum atomic E-state index is 0.439. The lowest BCUT2D eigenvalue weighted by Crippen LogP contribution is -1.93. The number of rotatable bonds is 3. The number of anilines is 1. The van der Waals surface area contributed by atoms with Crippen molar-refractivity contribution in [1.29, 1.82) is 0 Å². The molecule has 2 heterocycles. The summed E-state index contributed by atoms with van der Waals surface area (Å²) in [4.78, 5) is 4.22. The summed E-state index contributed by atoms with van der Waals surface area (Å²) in [5.41, 5.74) is 9.44. The number of aromatic amines is 1. The molecule has 0 saturated heterocycles. The van der Waals surface area contributed by atoms with E-state index < -0.39 is 0 Å². The van der Waals surface area contributed by atoms with Crippen molar-refractivity contribution in [3.05, 3.63) is 47.1 Å². The van der Waals surface area contributed by atoms with Gasteiger partial charge in [-0.25, -0.2) is 4.98 Å². The first-order chi connectivity index (χ1) is 10.2. The number of benzene rings is 1. The normalized spacial score (nSPS) is 10.6. The van der Waals surface area contributed by atoms with Crippen molar-refractivity contribution in [2.75, 3.05) is 12.8 Å². The minimum Gasteiger partial charge on any atom is -0.481 e. The van der Waals surface area contributed by atoms with Crippen molar-refractivity contribution in [2.45, 2.75) is 0 Å². The molecule has 0 atom stereocenters. The molecule has 5 nitrogen and oxygen atoms in total. The van der Waals surface area contributed by atoms with Crippen LogP contribution in [0.4, 0.5) is 5.82 Å². The summed E-state index contributed by atoms with van der Waals surface area (Å²) in [6.07, 6.45) is 1.68. The highest BCUT2D eigenvalue weighted by atomic mass is 79.9. The first-order valence-corrected chi connectivity index (χ1v) is 7.09. The molecule has 106 valence electrons. The lowest BCUT2D eigenvalue weighted by atomic mass is 10.0. The Labute approximate surface area is 130 Å². The van der Waals surface area contributed by atoms with Crippen LogP contribution in [-0.4, -0.2) is 22.3 Å². The van der Waals surface area contributed by atoms with Crippen LogP contribution < -0.4 is 10.5 Å². The first-order valence-electron chi connectivity index (χ1n) is 6.30. The number of hydrogen-bond donors (Lipinski definition) is 2. The maximum Gasteiger partial charge on any atom is 0.222 e. The van der Waals surface area contributed by atoms with Gasteiger partial charge in [0.2, 0.25) is 5.88 Å². The third-order valence-electron chi connectivity index (χ3n) is 3.14. The van der Waals surface area contributed by atoms with Gasteiger partial charge in [-0.15, -0.1) is 0 Å². The van der Waals surface area contributed by atoms with E-state index in [4.69, 9.17) is 10.5 Å². The zero-order valence-electron chi connectivity index (χ0n) is 11.3. The molecule has 0 bridgehead atoms. The quantitative estimate of drug-likeness (QED) is 0.762. The molecule has 3 N–H and O–H groups in total. The summed E-state index contributed by atoms with van der Waals surface area (Å²) in [6, 6.07) is 11.7. The number of halogens is 1. The number of nitrogens with one attached hydrogen (secondary N) is 1. The molecule has 3 rings (SSSR count). The van der Waals surface area contributed by atoms with Crippen molar-refractivity contribution < 1.29 is 4.74 Å². The molecule has 6 heteroatoms. The maximum atomic E-state index is 6.03. The van der Waals surface area contributed by atoms with Crippen LogP contribution in [0.1, 0.15) is 0 Å². The summed E-state index contributed by atoms with van der Waals surface area (Å²) in [7, 11) is 1.59. The number of ether oxygens (including phenoxy) is 1. The van der Waals surface area contributed by atoms with Crippen LogP contribution in [0.3, 0.4) is 0 Å². The van der Waals surface area contributed by atoms with Crippen LogP contribution in [0, 0.1) is 0 Å². The third-order valence-corrected chi connectivity index (χ3v) is 3.63. The van der Waals surface area contributed by atoms with E-state index in [1.807, 2.05) is 36.4 Å². The molecule has 0 fully saturated rings. The Morgan fingerprint density at radius 1 is 1.24 bits per heavy atom. The first kappa shape index (κ1) is 13.6. The van der Waals surface area contributed by atoms with Crippen molar-refractivity contribution in [1.82, 2.24) is 15.2 Å². The van der Waals surface area contributed by atoms with E-state index in [1.165, 1.54) is 0 Å². The Morgan fingerprint density at radius 3 is 2.86 bits per heavy atom. The van der Waals surface area contributed by atoms with E-state index in [9.17, 15) is 0 Å². The van der Waals surface area contributed by atoms with Crippen molar-refractivity contribution in [2.24, 2.45) is 0 Å². The fourth-order valence-electron chi connectivity index (χ4n) is 2.23. The van der Waals surface area contributed by atoms with Gasteiger partial charge in [0.05, 0.1) is 23.9 Å². The molecule has 2 aromatic heterocycles. The van der Waals surface area contributed by atoms with Gasteiger partial charge in [-0.2, -0.15) is 5.10 Å². The number of H-pyrrole nitrogens is 1. The lowest BCUT2D eigenvalue weighted by molar-refractivity contribution is 0.399. The smallest absolute Gasteiger partial charge is 0.222 e. The Morgan fingerprint density at radius 2 is 2.10 bits per heavy atom. The zero-order chi connectivity index (χ0) is 14.8. The van der Waals surface area contributed by atoms with Gasteiger partial charge in [-0.05, 0) is 29.8 Å². The fraction of sp³-hybridized carbons (Fsp3) is 0.0667. The monoisotopic (exact) mass is 344 g/mol. The summed E-state index contributed by atoms with van der Waals surface area (Å²) < 4.78 is 6.29. The fourth-order valence-corrected chi connectivity index (χ4v) is 2.63. The van der Waals surface area contributed by atoms with E-state index in [-0.39, 0.29) is 0 Å². The molecule has 3 aromatic rings. The number of hydrogen-bond acceptors (Lipinski definition) is 4. The molecular formula is C15H13BrN4O. The predicted molar refractivity (Wildman–Crippen MR) is 85.9 cm³/mol. The van der Waals surface area contributed by atoms with Gasteiger partial charge in [0.1, 0.15) is 0 Å². The molecule has 0 saturated carbocycles. The van der Waals surface area contributed by atoms with Crippen LogP contribution in [0.2, 0.25) is 0 Å². The Balaban J connectivity index is 2.22. The zero-order valence-corrected chi connectivity index (χ0v) is 12.9. The van der Waals surface area contributed by atoms with E-state index in [0.29, 0.717) is 11.7 Å². The number of nitrogen functional groups attached to an aromatic ring is 1.